The molecule has 0 amide bonds. The van der Waals surface area contributed by atoms with E-state index in [1.165, 1.54) is 6.20 Å². The highest BCUT2D eigenvalue weighted by Gasteiger charge is 2.18. The van der Waals surface area contributed by atoms with Crippen LogP contribution in [0.3, 0.4) is 0 Å². The van der Waals surface area contributed by atoms with E-state index >= 15 is 0 Å². The molecule has 1 aliphatic rings. The minimum Gasteiger partial charge on any atom is -0.474 e. The molecule has 0 radical (unpaired) electrons. The van der Waals surface area contributed by atoms with E-state index < -0.39 is 0 Å². The van der Waals surface area contributed by atoms with Crippen molar-refractivity contribution in [3.05, 3.63) is 22.8 Å². The summed E-state index contributed by atoms with van der Waals surface area (Å²) in [5.41, 5.74) is 5.83. The Morgan fingerprint density at radius 2 is 2.53 bits per heavy atom. The highest BCUT2D eigenvalue weighted by Crippen LogP contribution is 2.26. The van der Waals surface area contributed by atoms with Crippen LogP contribution in [0.2, 0.25) is 5.02 Å². The number of nitrogen functional groups attached to an aromatic ring is 1. The first-order valence-corrected chi connectivity index (χ1v) is 5.79. The summed E-state index contributed by atoms with van der Waals surface area (Å²) in [7, 11) is 0. The van der Waals surface area contributed by atoms with Gasteiger partial charge in [-0.15, -0.1) is 0 Å². The highest BCUT2D eigenvalue weighted by molar-refractivity contribution is 6.35. The fourth-order valence-electron chi connectivity index (χ4n) is 1.68. The number of nitrogens with zero attached hydrogens (tertiary/aromatic N) is 1. The number of rotatable bonds is 4. The van der Waals surface area contributed by atoms with Crippen molar-refractivity contribution < 1.29 is 9.47 Å². The van der Waals surface area contributed by atoms with E-state index in [2.05, 4.69) is 4.98 Å². The van der Waals surface area contributed by atoms with E-state index in [0.717, 1.165) is 19.4 Å². The Kier molecular flexibility index (Phi) is 3.81. The summed E-state index contributed by atoms with van der Waals surface area (Å²) in [5.74, 6) is 0.203. The van der Waals surface area contributed by atoms with Gasteiger partial charge in [0.25, 0.3) is 0 Å². The molecule has 1 atom stereocenters. The van der Waals surface area contributed by atoms with Crippen LogP contribution in [-0.2, 0) is 4.74 Å². The van der Waals surface area contributed by atoms with Gasteiger partial charge in [-0.05, 0) is 18.9 Å². The number of aromatic nitrogens is 1. The summed E-state index contributed by atoms with van der Waals surface area (Å²) in [4.78, 5) is 4.02. The van der Waals surface area contributed by atoms with Gasteiger partial charge in [0.15, 0.2) is 0 Å². The molecule has 1 saturated heterocycles. The lowest BCUT2D eigenvalue weighted by Gasteiger charge is -2.12. The SMILES string of the molecule is N=C(N)c1ccnc(OCC2CCCO2)c1Cl. The third-order valence-electron chi connectivity index (χ3n) is 2.58. The van der Waals surface area contributed by atoms with Gasteiger partial charge < -0.3 is 15.2 Å². The largest absolute Gasteiger partial charge is 0.474 e. The fraction of sp³-hybridized carbons (Fsp3) is 0.455. The molecule has 1 aromatic rings. The van der Waals surface area contributed by atoms with Crippen molar-refractivity contribution in [2.24, 2.45) is 5.73 Å². The Bertz CT molecular complexity index is 419. The van der Waals surface area contributed by atoms with Crippen molar-refractivity contribution in [2.45, 2.75) is 18.9 Å². The van der Waals surface area contributed by atoms with Crippen LogP contribution < -0.4 is 10.5 Å². The van der Waals surface area contributed by atoms with Gasteiger partial charge in [-0.25, -0.2) is 4.98 Å². The summed E-state index contributed by atoms with van der Waals surface area (Å²) in [6.07, 6.45) is 3.68. The molecule has 0 saturated carbocycles. The Morgan fingerprint density at radius 3 is 3.18 bits per heavy atom. The van der Waals surface area contributed by atoms with Gasteiger partial charge in [0.05, 0.1) is 6.10 Å². The number of ether oxygens (including phenoxy) is 2. The maximum atomic E-state index is 7.36. The smallest absolute Gasteiger partial charge is 0.233 e. The maximum Gasteiger partial charge on any atom is 0.233 e. The Balaban J connectivity index is 2.04. The van der Waals surface area contributed by atoms with Gasteiger partial charge in [-0.3, -0.25) is 5.41 Å². The van der Waals surface area contributed by atoms with E-state index in [1.807, 2.05) is 0 Å². The second-order valence-electron chi connectivity index (χ2n) is 3.84. The molecule has 17 heavy (non-hydrogen) atoms. The Morgan fingerprint density at radius 1 is 1.71 bits per heavy atom. The average molecular weight is 256 g/mol. The van der Waals surface area contributed by atoms with E-state index in [1.54, 1.807) is 6.07 Å². The van der Waals surface area contributed by atoms with Crippen LogP contribution in [0.4, 0.5) is 0 Å². The molecule has 1 aliphatic heterocycles. The molecule has 1 unspecified atom stereocenters. The first-order chi connectivity index (χ1) is 8.18. The monoisotopic (exact) mass is 255 g/mol. The zero-order valence-electron chi connectivity index (χ0n) is 9.28. The van der Waals surface area contributed by atoms with Crippen LogP contribution in [0, 0.1) is 5.41 Å². The molecular formula is C11H14ClN3O2. The molecule has 92 valence electrons. The summed E-state index contributed by atoms with van der Waals surface area (Å²) < 4.78 is 10.9. The topological polar surface area (TPSA) is 81.2 Å². The highest BCUT2D eigenvalue weighted by atomic mass is 35.5. The lowest BCUT2D eigenvalue weighted by molar-refractivity contribution is 0.0664. The maximum absolute atomic E-state index is 7.36. The Hall–Kier alpha value is -1.33. The quantitative estimate of drug-likeness (QED) is 0.632. The number of hydrogen-bond acceptors (Lipinski definition) is 4. The number of nitrogens with two attached hydrogens (primary N) is 1. The summed E-state index contributed by atoms with van der Waals surface area (Å²) >= 11 is 6.04. The number of amidine groups is 1. The van der Waals surface area contributed by atoms with E-state index in [-0.39, 0.29) is 17.0 Å². The fourth-order valence-corrected chi connectivity index (χ4v) is 1.95. The second-order valence-corrected chi connectivity index (χ2v) is 4.22. The van der Waals surface area contributed by atoms with E-state index in [0.29, 0.717) is 18.1 Å². The summed E-state index contributed by atoms with van der Waals surface area (Å²) in [6, 6.07) is 1.59. The molecule has 1 fully saturated rings. The molecule has 2 rings (SSSR count). The van der Waals surface area contributed by atoms with Crippen molar-refractivity contribution >= 4 is 17.4 Å². The van der Waals surface area contributed by atoms with Crippen LogP contribution in [0.25, 0.3) is 0 Å². The van der Waals surface area contributed by atoms with Crippen molar-refractivity contribution in [1.82, 2.24) is 4.98 Å². The predicted molar refractivity (Wildman–Crippen MR) is 64.7 cm³/mol. The van der Waals surface area contributed by atoms with Crippen molar-refractivity contribution in [2.75, 3.05) is 13.2 Å². The van der Waals surface area contributed by atoms with Crippen molar-refractivity contribution in [3.63, 3.8) is 0 Å². The Labute approximate surface area is 104 Å². The molecule has 0 spiro atoms. The summed E-state index contributed by atoms with van der Waals surface area (Å²) in [6.45, 7) is 1.21. The van der Waals surface area contributed by atoms with Crippen LogP contribution in [0.15, 0.2) is 12.3 Å². The van der Waals surface area contributed by atoms with Gasteiger partial charge in [0.1, 0.15) is 17.5 Å². The first kappa shape index (κ1) is 12.1. The van der Waals surface area contributed by atoms with Gasteiger partial charge in [0, 0.05) is 18.4 Å². The standard InChI is InChI=1S/C11H14ClN3O2/c12-9-8(10(13)14)3-4-15-11(9)17-6-7-2-1-5-16-7/h3-4,7H,1-2,5-6H2,(H3,13,14). The molecule has 0 aliphatic carbocycles. The first-order valence-electron chi connectivity index (χ1n) is 5.42. The average Bonchev–Trinajstić information content (AvgIpc) is 2.80. The van der Waals surface area contributed by atoms with Crippen LogP contribution in [0.1, 0.15) is 18.4 Å². The predicted octanol–water partition coefficient (Wildman–Crippen LogP) is 1.58. The minimum absolute atomic E-state index is 0.0978. The molecule has 1 aromatic heterocycles. The number of nitrogens with one attached hydrogen (secondary N) is 1. The third-order valence-corrected chi connectivity index (χ3v) is 2.94. The summed E-state index contributed by atoms with van der Waals surface area (Å²) in [5, 5.41) is 7.63. The number of pyridine rings is 1. The van der Waals surface area contributed by atoms with Gasteiger partial charge in [-0.2, -0.15) is 0 Å². The van der Waals surface area contributed by atoms with Gasteiger partial charge >= 0.3 is 0 Å². The molecule has 2 heterocycles. The van der Waals surface area contributed by atoms with Crippen molar-refractivity contribution in [1.29, 1.82) is 5.41 Å². The van der Waals surface area contributed by atoms with Gasteiger partial charge in [0.2, 0.25) is 5.88 Å². The molecule has 6 heteroatoms. The van der Waals surface area contributed by atoms with Crippen LogP contribution in [0.5, 0.6) is 5.88 Å². The minimum atomic E-state index is -0.0978. The molecule has 0 bridgehead atoms. The molecular weight excluding hydrogens is 242 g/mol. The van der Waals surface area contributed by atoms with Crippen molar-refractivity contribution in [3.8, 4) is 5.88 Å². The van der Waals surface area contributed by atoms with Gasteiger partial charge in [-0.1, -0.05) is 11.6 Å². The van der Waals surface area contributed by atoms with Crippen LogP contribution in [-0.4, -0.2) is 30.1 Å². The molecule has 3 N–H and O–H groups in total. The van der Waals surface area contributed by atoms with E-state index in [4.69, 9.17) is 32.2 Å². The number of hydrogen-bond donors (Lipinski definition) is 2. The van der Waals surface area contributed by atoms with E-state index in [9.17, 15) is 0 Å². The normalized spacial score (nSPS) is 19.2. The number of halogens is 1. The zero-order chi connectivity index (χ0) is 12.3. The third kappa shape index (κ3) is 2.87. The zero-order valence-corrected chi connectivity index (χ0v) is 10.0. The second kappa shape index (κ2) is 5.33. The molecule has 5 nitrogen and oxygen atoms in total. The van der Waals surface area contributed by atoms with Crippen LogP contribution >= 0.6 is 11.6 Å². The molecule has 0 aromatic carbocycles. The lowest BCUT2D eigenvalue weighted by Crippen LogP contribution is -2.18. The lowest BCUT2D eigenvalue weighted by atomic mass is 10.2.